The summed E-state index contributed by atoms with van der Waals surface area (Å²) >= 11 is 1.64. The fourth-order valence-corrected chi connectivity index (χ4v) is 2.94. The lowest BCUT2D eigenvalue weighted by Crippen LogP contribution is -2.18. The Kier molecular flexibility index (Phi) is 4.50. The summed E-state index contributed by atoms with van der Waals surface area (Å²) in [6, 6.07) is 5.72. The second-order valence-corrected chi connectivity index (χ2v) is 7.08. The summed E-state index contributed by atoms with van der Waals surface area (Å²) in [4.78, 5) is 4.50. The minimum absolute atomic E-state index is 0.590. The zero-order chi connectivity index (χ0) is 14.8. The van der Waals surface area contributed by atoms with Crippen LogP contribution in [0.3, 0.4) is 0 Å². The van der Waals surface area contributed by atoms with Gasteiger partial charge in [-0.1, -0.05) is 19.9 Å². The van der Waals surface area contributed by atoms with E-state index in [1.807, 2.05) is 18.2 Å². The third-order valence-corrected chi connectivity index (χ3v) is 3.80. The van der Waals surface area contributed by atoms with Gasteiger partial charge in [-0.15, -0.1) is 21.5 Å². The molecule has 0 saturated heterocycles. The molecule has 0 bridgehead atoms. The van der Waals surface area contributed by atoms with E-state index >= 15 is 0 Å². The van der Waals surface area contributed by atoms with Gasteiger partial charge in [0.25, 0.3) is 0 Å². The van der Waals surface area contributed by atoms with Gasteiger partial charge in [-0.2, -0.15) is 0 Å². The lowest BCUT2D eigenvalue weighted by Gasteiger charge is -2.16. The van der Waals surface area contributed by atoms with Crippen LogP contribution in [0.15, 0.2) is 18.2 Å². The fraction of sp³-hybridized carbons (Fsp3) is 0.533. The third-order valence-electron chi connectivity index (χ3n) is 2.86. The van der Waals surface area contributed by atoms with Crippen LogP contribution in [0.5, 0.6) is 0 Å². The first kappa shape index (κ1) is 15.1. The molecule has 0 aromatic carbocycles. The molecule has 0 aliphatic heterocycles. The Labute approximate surface area is 123 Å². The molecule has 0 atom stereocenters. The molecule has 0 radical (unpaired) electrons. The van der Waals surface area contributed by atoms with Crippen molar-refractivity contribution in [1.29, 1.82) is 0 Å². The van der Waals surface area contributed by atoms with Crippen molar-refractivity contribution in [2.45, 2.75) is 46.1 Å². The van der Waals surface area contributed by atoms with Crippen molar-refractivity contribution in [2.75, 3.05) is 0 Å². The molecule has 0 spiro atoms. The highest BCUT2D eigenvalue weighted by atomic mass is 32.1. The molecule has 5 heteroatoms. The highest BCUT2D eigenvalue weighted by Gasteiger charge is 2.18. The Morgan fingerprint density at radius 1 is 1.20 bits per heavy atom. The van der Waals surface area contributed by atoms with Gasteiger partial charge in [0.2, 0.25) is 0 Å². The molecule has 0 aliphatic carbocycles. The summed E-state index contributed by atoms with van der Waals surface area (Å²) in [6.07, 6.45) is 1.63. The van der Waals surface area contributed by atoms with E-state index in [4.69, 9.17) is 0 Å². The van der Waals surface area contributed by atoms with Crippen molar-refractivity contribution in [3.8, 4) is 0 Å². The minimum atomic E-state index is -0.917. The number of aliphatic hydroxyl groups is 1. The van der Waals surface area contributed by atoms with Gasteiger partial charge in [-0.3, -0.25) is 4.98 Å². The van der Waals surface area contributed by atoms with Crippen LogP contribution >= 0.6 is 11.3 Å². The van der Waals surface area contributed by atoms with Crippen LogP contribution in [0.2, 0.25) is 0 Å². The van der Waals surface area contributed by atoms with Crippen molar-refractivity contribution >= 4 is 11.3 Å². The standard InChI is InChI=1S/C15H21N3OS/c1-10(2)8-13-17-18-14(20-13)9-11-6-5-7-12(16-11)15(3,4)19/h5-7,10,19H,8-9H2,1-4H3. The summed E-state index contributed by atoms with van der Waals surface area (Å²) in [5.74, 6) is 0.590. The monoisotopic (exact) mass is 291 g/mol. The molecule has 2 aromatic rings. The van der Waals surface area contributed by atoms with Crippen LogP contribution in [0.1, 0.15) is 49.1 Å². The van der Waals surface area contributed by atoms with E-state index in [1.165, 1.54) is 0 Å². The minimum Gasteiger partial charge on any atom is -0.384 e. The number of aromatic nitrogens is 3. The SMILES string of the molecule is CC(C)Cc1nnc(Cc2cccc(C(C)(C)O)n2)s1. The maximum atomic E-state index is 9.99. The van der Waals surface area contributed by atoms with Crippen LogP contribution in [0.25, 0.3) is 0 Å². The summed E-state index contributed by atoms with van der Waals surface area (Å²) in [6.45, 7) is 7.83. The molecule has 4 nitrogen and oxygen atoms in total. The molecule has 20 heavy (non-hydrogen) atoms. The quantitative estimate of drug-likeness (QED) is 0.920. The lowest BCUT2D eigenvalue weighted by atomic mass is 10.0. The number of rotatable bonds is 5. The zero-order valence-electron chi connectivity index (χ0n) is 12.4. The first-order valence-electron chi connectivity index (χ1n) is 6.84. The Bertz CT molecular complexity index is 572. The Hall–Kier alpha value is -1.33. The van der Waals surface area contributed by atoms with Crippen LogP contribution < -0.4 is 0 Å². The topological polar surface area (TPSA) is 58.9 Å². The van der Waals surface area contributed by atoms with Gasteiger partial charge in [0.15, 0.2) is 0 Å². The van der Waals surface area contributed by atoms with Gasteiger partial charge >= 0.3 is 0 Å². The second kappa shape index (κ2) is 5.97. The molecule has 1 N–H and O–H groups in total. The van der Waals surface area contributed by atoms with E-state index in [0.717, 1.165) is 22.1 Å². The van der Waals surface area contributed by atoms with Crippen LogP contribution in [0.4, 0.5) is 0 Å². The van der Waals surface area contributed by atoms with Gasteiger partial charge in [0.1, 0.15) is 15.6 Å². The number of nitrogens with zero attached hydrogens (tertiary/aromatic N) is 3. The van der Waals surface area contributed by atoms with Gasteiger partial charge < -0.3 is 5.11 Å². The third kappa shape index (κ3) is 4.08. The van der Waals surface area contributed by atoms with E-state index in [1.54, 1.807) is 25.2 Å². The van der Waals surface area contributed by atoms with Gasteiger partial charge in [-0.25, -0.2) is 0 Å². The van der Waals surface area contributed by atoms with E-state index in [9.17, 15) is 5.11 Å². The van der Waals surface area contributed by atoms with Crippen molar-refractivity contribution in [3.05, 3.63) is 39.6 Å². The Morgan fingerprint density at radius 3 is 2.55 bits per heavy atom. The smallest absolute Gasteiger partial charge is 0.123 e. The molecule has 0 unspecified atom stereocenters. The van der Waals surface area contributed by atoms with Crippen molar-refractivity contribution in [1.82, 2.24) is 15.2 Å². The second-order valence-electron chi connectivity index (χ2n) is 5.94. The van der Waals surface area contributed by atoms with Crippen molar-refractivity contribution < 1.29 is 5.11 Å². The van der Waals surface area contributed by atoms with Gasteiger partial charge in [0, 0.05) is 18.5 Å². The average Bonchev–Trinajstić information content (AvgIpc) is 2.75. The number of hydrogen-bond donors (Lipinski definition) is 1. The fourth-order valence-electron chi connectivity index (χ4n) is 1.87. The number of pyridine rings is 1. The zero-order valence-corrected chi connectivity index (χ0v) is 13.2. The molecule has 0 saturated carbocycles. The summed E-state index contributed by atoms with van der Waals surface area (Å²) < 4.78 is 0. The first-order valence-corrected chi connectivity index (χ1v) is 7.66. The molecule has 2 aromatic heterocycles. The number of hydrogen-bond acceptors (Lipinski definition) is 5. The van der Waals surface area contributed by atoms with E-state index in [2.05, 4.69) is 29.0 Å². The summed E-state index contributed by atoms with van der Waals surface area (Å²) in [7, 11) is 0. The highest BCUT2D eigenvalue weighted by Crippen LogP contribution is 2.20. The Balaban J connectivity index is 2.12. The van der Waals surface area contributed by atoms with Gasteiger partial charge in [0.05, 0.1) is 5.69 Å². The van der Waals surface area contributed by atoms with Crippen LogP contribution in [-0.4, -0.2) is 20.3 Å². The van der Waals surface area contributed by atoms with Crippen LogP contribution in [0, 0.1) is 5.92 Å². The average molecular weight is 291 g/mol. The summed E-state index contributed by atoms with van der Waals surface area (Å²) in [5.41, 5.74) is 0.679. The molecule has 0 aliphatic rings. The molecule has 0 fully saturated rings. The molecule has 2 rings (SSSR count). The maximum Gasteiger partial charge on any atom is 0.123 e. The van der Waals surface area contributed by atoms with Crippen molar-refractivity contribution in [2.24, 2.45) is 5.92 Å². The first-order chi connectivity index (χ1) is 9.34. The molecule has 2 heterocycles. The molecule has 108 valence electrons. The van der Waals surface area contributed by atoms with E-state index < -0.39 is 5.60 Å². The largest absolute Gasteiger partial charge is 0.384 e. The predicted octanol–water partition coefficient (Wildman–Crippen LogP) is 2.95. The van der Waals surface area contributed by atoms with Gasteiger partial charge in [-0.05, 0) is 31.9 Å². The predicted molar refractivity (Wildman–Crippen MR) is 80.7 cm³/mol. The molecule has 0 amide bonds. The molecular weight excluding hydrogens is 270 g/mol. The van der Waals surface area contributed by atoms with Crippen LogP contribution in [-0.2, 0) is 18.4 Å². The van der Waals surface area contributed by atoms with Crippen molar-refractivity contribution in [3.63, 3.8) is 0 Å². The maximum absolute atomic E-state index is 9.99. The molecular formula is C15H21N3OS. The van der Waals surface area contributed by atoms with E-state index in [0.29, 0.717) is 18.0 Å². The lowest BCUT2D eigenvalue weighted by molar-refractivity contribution is 0.0736. The van der Waals surface area contributed by atoms with E-state index in [-0.39, 0.29) is 0 Å². The Morgan fingerprint density at radius 2 is 1.90 bits per heavy atom. The summed E-state index contributed by atoms with van der Waals surface area (Å²) in [5, 5.41) is 20.5. The highest BCUT2D eigenvalue weighted by molar-refractivity contribution is 7.11. The normalized spacial score (nSPS) is 12.1.